The van der Waals surface area contributed by atoms with Crippen LogP contribution in [0, 0.1) is 5.92 Å². The second-order valence-corrected chi connectivity index (χ2v) is 7.41. The number of nitrogens with two attached hydrogens (primary N) is 1. The van der Waals surface area contributed by atoms with Gasteiger partial charge in [0.05, 0.1) is 7.11 Å². The normalized spacial score (nSPS) is 13.7. The summed E-state index contributed by atoms with van der Waals surface area (Å²) in [6, 6.07) is -1.36. The lowest BCUT2D eigenvalue weighted by atomic mass is 10.0. The molecule has 21 heavy (non-hydrogen) atoms. The van der Waals surface area contributed by atoms with Gasteiger partial charge in [-0.1, -0.05) is 13.8 Å². The Morgan fingerprint density at radius 3 is 2.00 bits per heavy atom. The van der Waals surface area contributed by atoms with Gasteiger partial charge in [0, 0.05) is 0 Å². The summed E-state index contributed by atoms with van der Waals surface area (Å²) in [5.41, 5.74) is -0.932. The zero-order chi connectivity index (χ0) is 17.0. The van der Waals surface area contributed by atoms with Gasteiger partial charge in [0.15, 0.2) is 6.04 Å². The van der Waals surface area contributed by atoms with Crippen molar-refractivity contribution in [2.24, 2.45) is 11.1 Å². The average Bonchev–Trinajstić information content (AvgIpc) is 2.21. The summed E-state index contributed by atoms with van der Waals surface area (Å²) < 4.78 is 33.2. The van der Waals surface area contributed by atoms with Crippen LogP contribution in [0.2, 0.25) is 0 Å². The minimum absolute atomic E-state index is 0.0687. The maximum absolute atomic E-state index is 12.1. The molecule has 8 nitrogen and oxygen atoms in total. The molecule has 0 heterocycles. The molecule has 1 atom stereocenters. The minimum atomic E-state index is -4.48. The standard InChI is InChI=1S/C12H24N2O6S/c1-8(2)7-9(10(15)19-6)14(21(13,17)18)11(16)20-12(3,4)5/h8-9H,7H2,1-6H3,(H2,13,17,18). The predicted molar refractivity (Wildman–Crippen MR) is 76.4 cm³/mol. The fraction of sp³-hybridized carbons (Fsp3) is 0.833. The third kappa shape index (κ3) is 6.76. The molecule has 0 aromatic carbocycles. The van der Waals surface area contributed by atoms with Crippen LogP contribution in [0.4, 0.5) is 4.79 Å². The van der Waals surface area contributed by atoms with Crippen LogP contribution in [0.3, 0.4) is 0 Å². The highest BCUT2D eigenvalue weighted by molar-refractivity contribution is 7.87. The van der Waals surface area contributed by atoms with Gasteiger partial charge >= 0.3 is 22.3 Å². The van der Waals surface area contributed by atoms with Crippen molar-refractivity contribution in [3.63, 3.8) is 0 Å². The lowest BCUT2D eigenvalue weighted by Gasteiger charge is -2.30. The Bertz CT molecular complexity index is 480. The maximum atomic E-state index is 12.1. The molecule has 1 unspecified atom stereocenters. The molecular weight excluding hydrogens is 300 g/mol. The number of hydrogen-bond acceptors (Lipinski definition) is 6. The molecular formula is C12H24N2O6S. The first-order chi connectivity index (χ1) is 9.29. The van der Waals surface area contributed by atoms with Gasteiger partial charge in [-0.2, -0.15) is 12.7 Å². The molecule has 0 spiro atoms. The van der Waals surface area contributed by atoms with Gasteiger partial charge in [0.25, 0.3) is 0 Å². The number of methoxy groups -OCH3 is 1. The molecule has 2 N–H and O–H groups in total. The van der Waals surface area contributed by atoms with Crippen LogP contribution >= 0.6 is 0 Å². The molecule has 0 saturated carbocycles. The Morgan fingerprint density at radius 1 is 1.24 bits per heavy atom. The van der Waals surface area contributed by atoms with Crippen LogP contribution in [0.25, 0.3) is 0 Å². The largest absolute Gasteiger partial charge is 0.467 e. The third-order valence-electron chi connectivity index (χ3n) is 2.30. The van der Waals surface area contributed by atoms with Crippen molar-refractivity contribution in [1.82, 2.24) is 4.31 Å². The van der Waals surface area contributed by atoms with E-state index in [2.05, 4.69) is 4.74 Å². The number of nitrogens with zero attached hydrogens (tertiary/aromatic N) is 1. The number of amides is 1. The van der Waals surface area contributed by atoms with Gasteiger partial charge in [0.1, 0.15) is 5.60 Å². The molecule has 0 bridgehead atoms. The van der Waals surface area contributed by atoms with Crippen molar-refractivity contribution in [2.45, 2.75) is 52.7 Å². The molecule has 0 aromatic heterocycles. The van der Waals surface area contributed by atoms with Crippen LogP contribution in [-0.2, 0) is 24.5 Å². The number of carbonyl (C=O) groups excluding carboxylic acids is 2. The molecule has 0 aromatic rings. The quantitative estimate of drug-likeness (QED) is 0.755. The zero-order valence-corrected chi connectivity index (χ0v) is 14.1. The van der Waals surface area contributed by atoms with Crippen LogP contribution < -0.4 is 5.14 Å². The van der Waals surface area contributed by atoms with Crippen LogP contribution in [0.15, 0.2) is 0 Å². The van der Waals surface area contributed by atoms with E-state index in [-0.39, 0.29) is 16.6 Å². The van der Waals surface area contributed by atoms with E-state index in [9.17, 15) is 18.0 Å². The third-order valence-corrected chi connectivity index (χ3v) is 3.25. The maximum Gasteiger partial charge on any atom is 0.425 e. The van der Waals surface area contributed by atoms with Gasteiger partial charge in [-0.25, -0.2) is 14.7 Å². The molecule has 0 aliphatic rings. The predicted octanol–water partition coefficient (Wildman–Crippen LogP) is 1.01. The van der Waals surface area contributed by atoms with E-state index in [4.69, 9.17) is 9.88 Å². The molecule has 9 heteroatoms. The van der Waals surface area contributed by atoms with Gasteiger partial charge in [0.2, 0.25) is 0 Å². The summed E-state index contributed by atoms with van der Waals surface area (Å²) in [5.74, 6) is -0.940. The Labute approximate surface area is 125 Å². The average molecular weight is 324 g/mol. The Kier molecular flexibility index (Phi) is 6.62. The summed E-state index contributed by atoms with van der Waals surface area (Å²) in [4.78, 5) is 23.9. The molecule has 124 valence electrons. The van der Waals surface area contributed by atoms with Crippen molar-refractivity contribution in [2.75, 3.05) is 7.11 Å². The Morgan fingerprint density at radius 2 is 1.71 bits per heavy atom. The summed E-state index contributed by atoms with van der Waals surface area (Å²) >= 11 is 0. The summed E-state index contributed by atoms with van der Waals surface area (Å²) in [6.07, 6.45) is -1.14. The second kappa shape index (κ2) is 7.08. The van der Waals surface area contributed by atoms with Crippen LogP contribution in [0.5, 0.6) is 0 Å². The van der Waals surface area contributed by atoms with Gasteiger partial charge in [-0.15, -0.1) is 0 Å². The van der Waals surface area contributed by atoms with E-state index in [1.807, 2.05) is 0 Å². The molecule has 0 fully saturated rings. The first-order valence-corrected chi connectivity index (χ1v) is 7.93. The van der Waals surface area contributed by atoms with E-state index in [0.29, 0.717) is 0 Å². The zero-order valence-electron chi connectivity index (χ0n) is 13.2. The fourth-order valence-electron chi connectivity index (χ4n) is 1.59. The Hall–Kier alpha value is -1.35. The number of ether oxygens (including phenoxy) is 2. The molecule has 0 rings (SSSR count). The van der Waals surface area contributed by atoms with Gasteiger partial charge < -0.3 is 9.47 Å². The van der Waals surface area contributed by atoms with Gasteiger partial charge in [-0.3, -0.25) is 0 Å². The molecule has 1 amide bonds. The van der Waals surface area contributed by atoms with Crippen molar-refractivity contribution in [1.29, 1.82) is 0 Å². The smallest absolute Gasteiger partial charge is 0.425 e. The summed E-state index contributed by atoms with van der Waals surface area (Å²) in [6.45, 7) is 8.25. The highest BCUT2D eigenvalue weighted by Crippen LogP contribution is 2.19. The van der Waals surface area contributed by atoms with Crippen molar-refractivity contribution in [3.8, 4) is 0 Å². The number of carbonyl (C=O) groups is 2. The number of hydrogen-bond donors (Lipinski definition) is 1. The molecule has 0 aliphatic carbocycles. The molecule has 0 aliphatic heterocycles. The highest BCUT2D eigenvalue weighted by atomic mass is 32.2. The molecule has 0 saturated heterocycles. The number of rotatable bonds is 5. The van der Waals surface area contributed by atoms with E-state index in [1.54, 1.807) is 34.6 Å². The van der Waals surface area contributed by atoms with E-state index < -0.39 is 33.9 Å². The van der Waals surface area contributed by atoms with Crippen molar-refractivity contribution < 1.29 is 27.5 Å². The second-order valence-electron chi connectivity index (χ2n) is 5.99. The topological polar surface area (TPSA) is 116 Å². The van der Waals surface area contributed by atoms with Crippen LogP contribution in [-0.4, -0.2) is 43.5 Å². The lowest BCUT2D eigenvalue weighted by Crippen LogP contribution is -2.53. The first-order valence-electron chi connectivity index (χ1n) is 6.42. The van der Waals surface area contributed by atoms with E-state index in [1.165, 1.54) is 0 Å². The van der Waals surface area contributed by atoms with E-state index >= 15 is 0 Å². The first kappa shape index (κ1) is 19.7. The van der Waals surface area contributed by atoms with Crippen LogP contribution in [0.1, 0.15) is 41.0 Å². The fourth-order valence-corrected chi connectivity index (χ4v) is 2.36. The van der Waals surface area contributed by atoms with E-state index in [0.717, 1.165) is 7.11 Å². The molecule has 0 radical (unpaired) electrons. The monoisotopic (exact) mass is 324 g/mol. The lowest BCUT2D eigenvalue weighted by molar-refractivity contribution is -0.145. The summed E-state index contributed by atoms with van der Waals surface area (Å²) in [7, 11) is -3.38. The highest BCUT2D eigenvalue weighted by Gasteiger charge is 2.40. The Balaban J connectivity index is 5.65. The number of esters is 1. The SMILES string of the molecule is COC(=O)C(CC(C)C)N(C(=O)OC(C)(C)C)S(N)(=O)=O. The van der Waals surface area contributed by atoms with Crippen molar-refractivity contribution in [3.05, 3.63) is 0 Å². The minimum Gasteiger partial charge on any atom is -0.467 e. The summed E-state index contributed by atoms with van der Waals surface area (Å²) in [5, 5.41) is 5.06. The van der Waals surface area contributed by atoms with Gasteiger partial charge in [-0.05, 0) is 33.1 Å². The van der Waals surface area contributed by atoms with Crippen molar-refractivity contribution >= 4 is 22.3 Å².